The van der Waals surface area contributed by atoms with Crippen molar-refractivity contribution in [3.63, 3.8) is 0 Å². The fraction of sp³-hybridized carbons (Fsp3) is 0.630. The van der Waals surface area contributed by atoms with Gasteiger partial charge in [0.2, 0.25) is 11.8 Å². The molecule has 9 heteroatoms. The predicted octanol–water partition coefficient (Wildman–Crippen LogP) is 4.57. The minimum absolute atomic E-state index is 0.00996. The highest BCUT2D eigenvalue weighted by molar-refractivity contribution is 7.57. The van der Waals surface area contributed by atoms with Gasteiger partial charge in [0, 0.05) is 32.5 Å². The second kappa shape index (κ2) is 13.0. The third kappa shape index (κ3) is 8.01. The van der Waals surface area contributed by atoms with Crippen LogP contribution in [0.4, 0.5) is 0 Å². The molecular weight excluding hydrogens is 477 g/mol. The van der Waals surface area contributed by atoms with E-state index in [0.717, 1.165) is 5.56 Å². The van der Waals surface area contributed by atoms with Gasteiger partial charge in [-0.2, -0.15) is 0 Å². The summed E-state index contributed by atoms with van der Waals surface area (Å²) in [6.45, 7) is 13.7. The van der Waals surface area contributed by atoms with E-state index in [4.69, 9.17) is 9.05 Å². The van der Waals surface area contributed by atoms with Gasteiger partial charge in [0.25, 0.3) is 0 Å². The minimum Gasteiger partial charge on any atom is -0.342 e. The van der Waals surface area contributed by atoms with E-state index >= 15 is 0 Å². The standard InChI is InChI=1S/C27H46N3O5P/c1-19(2)21(17-18-36(33,34-10)35-11)30(9)25(32)23(26(3,4)5)29-24(31)22(28-8)27(6,7)20-15-13-12-14-16-20/h12-19,21-23,28H,1-11H3,(H,29,31)/t21-,22-,23-/m1/s1. The van der Waals surface area contributed by atoms with Crippen LogP contribution in [0, 0.1) is 11.3 Å². The molecule has 1 aromatic carbocycles. The number of hydrogen-bond donors (Lipinski definition) is 2. The summed E-state index contributed by atoms with van der Waals surface area (Å²) in [4.78, 5) is 29.0. The zero-order valence-electron chi connectivity index (χ0n) is 23.8. The number of benzene rings is 1. The summed E-state index contributed by atoms with van der Waals surface area (Å²) in [6, 6.07) is 8.08. The molecule has 0 aliphatic heterocycles. The topological polar surface area (TPSA) is 97.0 Å². The number of rotatable bonds is 12. The van der Waals surface area contributed by atoms with Gasteiger partial charge >= 0.3 is 7.60 Å². The Kier molecular flexibility index (Phi) is 11.6. The number of likely N-dealkylation sites (N-methyl/N-ethyl adjacent to an activating group) is 2. The average Bonchev–Trinajstić information content (AvgIpc) is 2.81. The van der Waals surface area contributed by atoms with Crippen molar-refractivity contribution < 1.29 is 23.2 Å². The number of nitrogens with zero attached hydrogens (tertiary/aromatic N) is 1. The van der Waals surface area contributed by atoms with Crippen molar-refractivity contribution in [3.05, 3.63) is 47.8 Å². The average molecular weight is 524 g/mol. The Balaban J connectivity index is 3.28. The Morgan fingerprint density at radius 1 is 1.00 bits per heavy atom. The van der Waals surface area contributed by atoms with E-state index < -0.39 is 36.6 Å². The zero-order valence-corrected chi connectivity index (χ0v) is 24.7. The summed E-state index contributed by atoms with van der Waals surface area (Å²) >= 11 is 0. The lowest BCUT2D eigenvalue weighted by Gasteiger charge is -2.39. The maximum Gasteiger partial charge on any atom is 0.353 e. The molecule has 0 bridgehead atoms. The van der Waals surface area contributed by atoms with Gasteiger partial charge in [0.05, 0.1) is 12.1 Å². The molecule has 2 N–H and O–H groups in total. The van der Waals surface area contributed by atoms with Crippen LogP contribution >= 0.6 is 7.60 Å². The molecule has 0 saturated heterocycles. The van der Waals surface area contributed by atoms with Crippen molar-refractivity contribution in [2.75, 3.05) is 28.3 Å². The van der Waals surface area contributed by atoms with Gasteiger partial charge in [-0.15, -0.1) is 0 Å². The minimum atomic E-state index is -3.39. The summed E-state index contributed by atoms with van der Waals surface area (Å²) in [7, 11) is 2.68. The fourth-order valence-electron chi connectivity index (χ4n) is 4.27. The van der Waals surface area contributed by atoms with Gasteiger partial charge in [-0.3, -0.25) is 14.2 Å². The molecule has 204 valence electrons. The van der Waals surface area contributed by atoms with Crippen LogP contribution in [-0.2, 0) is 28.6 Å². The van der Waals surface area contributed by atoms with Crippen molar-refractivity contribution in [3.8, 4) is 0 Å². The van der Waals surface area contributed by atoms with Crippen LogP contribution in [-0.4, -0.2) is 63.2 Å². The highest BCUT2D eigenvalue weighted by atomic mass is 31.2. The molecule has 0 radical (unpaired) electrons. The molecule has 0 saturated carbocycles. The first-order valence-corrected chi connectivity index (χ1v) is 13.9. The molecule has 2 amide bonds. The van der Waals surface area contributed by atoms with E-state index in [-0.39, 0.29) is 17.7 Å². The molecule has 0 spiro atoms. The summed E-state index contributed by atoms with van der Waals surface area (Å²) in [6.07, 6.45) is 1.67. The van der Waals surface area contributed by atoms with E-state index in [2.05, 4.69) is 10.6 Å². The van der Waals surface area contributed by atoms with Gasteiger partial charge in [-0.25, -0.2) is 0 Å². The number of carbonyl (C=O) groups excluding carboxylic acids is 2. The SMILES string of the molecule is CN[C@H](C(=O)N[C@H](C(=O)N(C)[C@H](C=CP(=O)(OC)OC)C(C)C)C(C)(C)C)C(C)(C)c1ccccc1. The largest absolute Gasteiger partial charge is 0.353 e. The van der Waals surface area contributed by atoms with Crippen molar-refractivity contribution in [1.29, 1.82) is 0 Å². The van der Waals surface area contributed by atoms with E-state index in [0.29, 0.717) is 0 Å². The molecule has 0 unspecified atom stereocenters. The third-order valence-corrected chi connectivity index (χ3v) is 8.20. The fourth-order valence-corrected chi connectivity index (χ4v) is 5.05. The van der Waals surface area contributed by atoms with E-state index in [1.807, 2.05) is 78.8 Å². The number of carbonyl (C=O) groups is 2. The highest BCUT2D eigenvalue weighted by Crippen LogP contribution is 2.48. The van der Waals surface area contributed by atoms with Crippen LogP contribution in [0.15, 0.2) is 42.2 Å². The number of hydrogen-bond acceptors (Lipinski definition) is 6. The summed E-state index contributed by atoms with van der Waals surface area (Å²) in [5.41, 5.74) is -0.0706. The highest BCUT2D eigenvalue weighted by Gasteiger charge is 2.41. The molecule has 0 aliphatic carbocycles. The normalized spacial score (nSPS) is 15.6. The lowest BCUT2D eigenvalue weighted by atomic mass is 9.76. The number of nitrogens with one attached hydrogen (secondary N) is 2. The van der Waals surface area contributed by atoms with Crippen LogP contribution < -0.4 is 10.6 Å². The monoisotopic (exact) mass is 523 g/mol. The Bertz CT molecular complexity index is 932. The second-order valence-electron chi connectivity index (χ2n) is 11.0. The van der Waals surface area contributed by atoms with Crippen LogP contribution in [0.25, 0.3) is 0 Å². The summed E-state index contributed by atoms with van der Waals surface area (Å²) in [5, 5.41) is 6.18. The van der Waals surface area contributed by atoms with Crippen molar-refractivity contribution >= 4 is 19.4 Å². The van der Waals surface area contributed by atoms with Crippen LogP contribution in [0.5, 0.6) is 0 Å². The predicted molar refractivity (Wildman–Crippen MR) is 146 cm³/mol. The summed E-state index contributed by atoms with van der Waals surface area (Å²) in [5.74, 6) is 0.894. The Hall–Kier alpha value is -1.99. The number of amides is 2. The van der Waals surface area contributed by atoms with E-state index in [9.17, 15) is 14.2 Å². The third-order valence-electron chi connectivity index (χ3n) is 6.64. The van der Waals surface area contributed by atoms with E-state index in [1.54, 1.807) is 25.1 Å². The first-order chi connectivity index (χ1) is 16.6. The van der Waals surface area contributed by atoms with Gasteiger partial charge in [0.1, 0.15) is 6.04 Å². The molecule has 1 aromatic rings. The van der Waals surface area contributed by atoms with Gasteiger partial charge in [0.15, 0.2) is 0 Å². The van der Waals surface area contributed by atoms with Gasteiger partial charge in [-0.1, -0.05) is 84.9 Å². The van der Waals surface area contributed by atoms with Crippen molar-refractivity contribution in [1.82, 2.24) is 15.5 Å². The molecule has 0 heterocycles. The first kappa shape index (κ1) is 32.0. The maximum atomic E-state index is 13.8. The molecule has 36 heavy (non-hydrogen) atoms. The molecule has 0 aromatic heterocycles. The molecule has 0 aliphatic rings. The zero-order chi connectivity index (χ0) is 27.9. The smallest absolute Gasteiger partial charge is 0.342 e. The molecule has 8 nitrogen and oxygen atoms in total. The Morgan fingerprint density at radius 3 is 1.94 bits per heavy atom. The first-order valence-electron chi connectivity index (χ1n) is 12.3. The maximum absolute atomic E-state index is 13.8. The van der Waals surface area contributed by atoms with Crippen LogP contribution in [0.3, 0.4) is 0 Å². The van der Waals surface area contributed by atoms with Crippen LogP contribution in [0.2, 0.25) is 0 Å². The van der Waals surface area contributed by atoms with Gasteiger partial charge in [-0.05, 0) is 23.9 Å². The van der Waals surface area contributed by atoms with Crippen molar-refractivity contribution in [2.45, 2.75) is 72.0 Å². The molecule has 1 rings (SSSR count). The molecular formula is C27H46N3O5P. The Morgan fingerprint density at radius 2 is 1.53 bits per heavy atom. The second-order valence-corrected chi connectivity index (χ2v) is 13.2. The summed E-state index contributed by atoms with van der Waals surface area (Å²) < 4.78 is 22.5. The quantitative estimate of drug-likeness (QED) is 0.390. The lowest BCUT2D eigenvalue weighted by molar-refractivity contribution is -0.140. The molecule has 3 atom stereocenters. The van der Waals surface area contributed by atoms with Crippen molar-refractivity contribution in [2.24, 2.45) is 11.3 Å². The lowest BCUT2D eigenvalue weighted by Crippen LogP contribution is -2.61. The Labute approximate surface area is 217 Å². The van der Waals surface area contributed by atoms with E-state index in [1.165, 1.54) is 20.0 Å². The van der Waals surface area contributed by atoms with Crippen LogP contribution in [0.1, 0.15) is 54.0 Å². The molecule has 0 fully saturated rings. The van der Waals surface area contributed by atoms with Gasteiger partial charge < -0.3 is 24.6 Å².